The molecule has 4 nitrogen and oxygen atoms in total. The first kappa shape index (κ1) is 13.3. The summed E-state index contributed by atoms with van der Waals surface area (Å²) in [5.74, 6) is -0.264. The molecule has 0 radical (unpaired) electrons. The number of unbranched alkanes of at least 4 members (excludes halogenated alkanes) is 1. The Bertz CT molecular complexity index is 417. The van der Waals surface area contributed by atoms with Crippen LogP contribution in [0.4, 0.5) is 5.13 Å². The average molecular weight is 268 g/mol. The topological polar surface area (TPSA) is 51.2 Å². The van der Waals surface area contributed by atoms with E-state index in [-0.39, 0.29) is 11.9 Å². The van der Waals surface area contributed by atoms with Gasteiger partial charge in [0.25, 0.3) is 0 Å². The monoisotopic (exact) mass is 268 g/mol. The molecule has 1 aromatic rings. The Hall–Kier alpha value is -1.10. The molecule has 1 atom stereocenters. The maximum atomic E-state index is 11.8. The predicted molar refractivity (Wildman–Crippen MR) is 73.2 cm³/mol. The number of nitrogens with one attached hydrogen (secondary N) is 1. The van der Waals surface area contributed by atoms with E-state index in [1.165, 1.54) is 11.3 Å². The summed E-state index contributed by atoms with van der Waals surface area (Å²) in [6, 6.07) is 0. The number of nitrogens with zero attached hydrogens (tertiary/aromatic N) is 1. The fraction of sp³-hybridized carbons (Fsp3) is 0.692. The molecule has 0 fully saturated rings. The molecule has 0 amide bonds. The quantitative estimate of drug-likeness (QED) is 0.636. The largest absolute Gasteiger partial charge is 0.465 e. The van der Waals surface area contributed by atoms with Crippen LogP contribution < -0.4 is 5.32 Å². The maximum Gasteiger partial charge on any atom is 0.315 e. The van der Waals surface area contributed by atoms with Crippen LogP contribution in [0.3, 0.4) is 0 Å². The van der Waals surface area contributed by atoms with E-state index in [2.05, 4.69) is 17.2 Å². The van der Waals surface area contributed by atoms with Crippen molar-refractivity contribution in [2.24, 2.45) is 0 Å². The van der Waals surface area contributed by atoms with Crippen molar-refractivity contribution >= 4 is 22.4 Å². The van der Waals surface area contributed by atoms with Crippen LogP contribution in [0.25, 0.3) is 0 Å². The normalized spacial score (nSPS) is 17.6. The Labute approximate surface area is 112 Å². The Kier molecular flexibility index (Phi) is 4.58. The first-order valence-corrected chi connectivity index (χ1v) is 7.48. The Morgan fingerprint density at radius 1 is 1.56 bits per heavy atom. The number of aromatic nitrogens is 1. The lowest BCUT2D eigenvalue weighted by Gasteiger charge is -2.08. The summed E-state index contributed by atoms with van der Waals surface area (Å²) in [6.45, 7) is 5.40. The van der Waals surface area contributed by atoms with Gasteiger partial charge in [0.05, 0.1) is 12.3 Å². The molecule has 1 N–H and O–H groups in total. The third kappa shape index (κ3) is 2.83. The van der Waals surface area contributed by atoms with Crippen molar-refractivity contribution in [2.75, 3.05) is 18.5 Å². The van der Waals surface area contributed by atoms with Gasteiger partial charge < -0.3 is 10.1 Å². The lowest BCUT2D eigenvalue weighted by molar-refractivity contribution is -0.145. The third-order valence-electron chi connectivity index (χ3n) is 3.10. The van der Waals surface area contributed by atoms with E-state index in [4.69, 9.17) is 4.74 Å². The molecule has 1 aromatic heterocycles. The van der Waals surface area contributed by atoms with Gasteiger partial charge in [-0.05, 0) is 26.2 Å². The van der Waals surface area contributed by atoms with E-state index in [1.807, 2.05) is 6.92 Å². The summed E-state index contributed by atoms with van der Waals surface area (Å²) >= 11 is 1.68. The molecular formula is C13H20N2O2S. The molecule has 0 aromatic carbocycles. The van der Waals surface area contributed by atoms with E-state index in [9.17, 15) is 4.79 Å². The number of hydrogen-bond donors (Lipinski definition) is 1. The fourth-order valence-corrected chi connectivity index (χ4v) is 3.21. The van der Waals surface area contributed by atoms with Crippen molar-refractivity contribution in [3.05, 3.63) is 10.6 Å². The van der Waals surface area contributed by atoms with Gasteiger partial charge in [-0.3, -0.25) is 4.79 Å². The van der Waals surface area contributed by atoms with Gasteiger partial charge in [0.1, 0.15) is 5.92 Å². The second-order valence-electron chi connectivity index (χ2n) is 4.45. The van der Waals surface area contributed by atoms with E-state index in [0.29, 0.717) is 6.61 Å². The molecule has 18 heavy (non-hydrogen) atoms. The maximum absolute atomic E-state index is 11.8. The van der Waals surface area contributed by atoms with Gasteiger partial charge in [-0.25, -0.2) is 4.98 Å². The number of anilines is 1. The molecule has 5 heteroatoms. The summed E-state index contributed by atoms with van der Waals surface area (Å²) in [7, 11) is 0. The van der Waals surface area contributed by atoms with Crippen molar-refractivity contribution in [2.45, 2.75) is 45.4 Å². The second kappa shape index (κ2) is 6.18. The second-order valence-corrected chi connectivity index (χ2v) is 5.53. The zero-order valence-electron chi connectivity index (χ0n) is 11.0. The summed E-state index contributed by atoms with van der Waals surface area (Å²) in [5.41, 5.74) is 0.942. The Morgan fingerprint density at radius 2 is 2.39 bits per heavy atom. The SMILES string of the molecule is CCCCNc1nc2c(s1)CCC2C(=O)OCC. The summed E-state index contributed by atoms with van der Waals surface area (Å²) in [6.07, 6.45) is 4.11. The lowest BCUT2D eigenvalue weighted by Crippen LogP contribution is -2.14. The zero-order chi connectivity index (χ0) is 13.0. The van der Waals surface area contributed by atoms with Crippen LogP contribution in [0.2, 0.25) is 0 Å². The molecule has 0 saturated carbocycles. The fourth-order valence-electron chi connectivity index (χ4n) is 2.15. The van der Waals surface area contributed by atoms with E-state index in [0.717, 1.165) is 36.6 Å². The smallest absolute Gasteiger partial charge is 0.315 e. The molecule has 0 spiro atoms. The van der Waals surface area contributed by atoms with Gasteiger partial charge in [0, 0.05) is 11.4 Å². The average Bonchev–Trinajstić information content (AvgIpc) is 2.89. The first-order valence-electron chi connectivity index (χ1n) is 6.66. The minimum atomic E-state index is -0.141. The number of fused-ring (bicyclic) bond motifs is 1. The number of ether oxygens (including phenoxy) is 1. The minimum absolute atomic E-state index is 0.123. The molecular weight excluding hydrogens is 248 g/mol. The highest BCUT2D eigenvalue weighted by molar-refractivity contribution is 7.15. The van der Waals surface area contributed by atoms with Crippen molar-refractivity contribution < 1.29 is 9.53 Å². The predicted octanol–water partition coefficient (Wildman–Crippen LogP) is 2.95. The number of hydrogen-bond acceptors (Lipinski definition) is 5. The molecule has 0 saturated heterocycles. The number of rotatable bonds is 6. The number of thiazole rings is 1. The number of carbonyl (C=O) groups is 1. The van der Waals surface area contributed by atoms with Gasteiger partial charge in [-0.2, -0.15) is 0 Å². The molecule has 1 unspecified atom stereocenters. The molecule has 1 heterocycles. The van der Waals surface area contributed by atoms with E-state index < -0.39 is 0 Å². The van der Waals surface area contributed by atoms with Gasteiger partial charge in [-0.15, -0.1) is 11.3 Å². The highest BCUT2D eigenvalue weighted by atomic mass is 32.1. The van der Waals surface area contributed by atoms with Crippen molar-refractivity contribution in [1.29, 1.82) is 0 Å². The zero-order valence-corrected chi connectivity index (χ0v) is 11.8. The number of esters is 1. The Balaban J connectivity index is 2.01. The van der Waals surface area contributed by atoms with Gasteiger partial charge in [0.2, 0.25) is 0 Å². The van der Waals surface area contributed by atoms with Crippen molar-refractivity contribution in [3.8, 4) is 0 Å². The minimum Gasteiger partial charge on any atom is -0.465 e. The van der Waals surface area contributed by atoms with E-state index >= 15 is 0 Å². The first-order chi connectivity index (χ1) is 8.76. The molecule has 0 bridgehead atoms. The van der Waals surface area contributed by atoms with Crippen molar-refractivity contribution in [1.82, 2.24) is 4.98 Å². The van der Waals surface area contributed by atoms with Crippen LogP contribution in [0.15, 0.2) is 0 Å². The van der Waals surface area contributed by atoms with Crippen LogP contribution in [0.5, 0.6) is 0 Å². The molecule has 1 aliphatic rings. The standard InChI is InChI=1S/C13H20N2O2S/c1-3-5-8-14-13-15-11-9(12(16)17-4-2)6-7-10(11)18-13/h9H,3-8H2,1-2H3,(H,14,15). The highest BCUT2D eigenvalue weighted by Gasteiger charge is 2.33. The van der Waals surface area contributed by atoms with Gasteiger partial charge in [0.15, 0.2) is 5.13 Å². The summed E-state index contributed by atoms with van der Waals surface area (Å²) < 4.78 is 5.10. The van der Waals surface area contributed by atoms with Crippen LogP contribution in [0.1, 0.15) is 49.6 Å². The third-order valence-corrected chi connectivity index (χ3v) is 4.18. The summed E-state index contributed by atoms with van der Waals surface area (Å²) in [4.78, 5) is 17.6. The molecule has 1 aliphatic carbocycles. The molecule has 100 valence electrons. The summed E-state index contributed by atoms with van der Waals surface area (Å²) in [5, 5.41) is 4.27. The molecule has 2 rings (SSSR count). The van der Waals surface area contributed by atoms with Crippen LogP contribution in [0, 0.1) is 0 Å². The van der Waals surface area contributed by atoms with Gasteiger partial charge >= 0.3 is 5.97 Å². The number of aryl methyl sites for hydroxylation is 1. The van der Waals surface area contributed by atoms with E-state index in [1.54, 1.807) is 11.3 Å². The lowest BCUT2D eigenvalue weighted by atomic mass is 10.1. The van der Waals surface area contributed by atoms with Gasteiger partial charge in [-0.1, -0.05) is 13.3 Å². The van der Waals surface area contributed by atoms with Crippen molar-refractivity contribution in [3.63, 3.8) is 0 Å². The van der Waals surface area contributed by atoms with Crippen LogP contribution in [-0.4, -0.2) is 24.1 Å². The molecule has 0 aliphatic heterocycles. The van der Waals surface area contributed by atoms with Crippen LogP contribution >= 0.6 is 11.3 Å². The van der Waals surface area contributed by atoms with Crippen LogP contribution in [-0.2, 0) is 16.0 Å². The highest BCUT2D eigenvalue weighted by Crippen LogP contribution is 2.38. The number of carbonyl (C=O) groups excluding carboxylic acids is 1. The Morgan fingerprint density at radius 3 is 3.11 bits per heavy atom.